The lowest BCUT2D eigenvalue weighted by Gasteiger charge is -2.24. The first kappa shape index (κ1) is 16.8. The van der Waals surface area contributed by atoms with Crippen LogP contribution < -0.4 is 5.32 Å². The molecule has 1 heterocycles. The lowest BCUT2D eigenvalue weighted by atomic mass is 10.1. The number of amides is 1. The van der Waals surface area contributed by atoms with Gasteiger partial charge in [0, 0.05) is 25.7 Å². The van der Waals surface area contributed by atoms with Gasteiger partial charge in [-0.3, -0.25) is 0 Å². The predicted molar refractivity (Wildman–Crippen MR) is 85.6 cm³/mol. The summed E-state index contributed by atoms with van der Waals surface area (Å²) >= 11 is 0. The highest BCUT2D eigenvalue weighted by Gasteiger charge is 2.29. The fraction of sp³-hybridized carbons (Fsp3) is 0.588. The average molecular weight is 306 g/mol. The molecule has 0 radical (unpaired) electrons. The molecule has 0 bridgehead atoms. The van der Waals surface area contributed by atoms with E-state index in [1.54, 1.807) is 4.90 Å². The van der Waals surface area contributed by atoms with Crippen molar-refractivity contribution in [2.24, 2.45) is 0 Å². The monoisotopic (exact) mass is 306 g/mol. The standard InChI is InChI=1S/C17H26N2O3/c1-17(2,3)22-16(21)19-10-9-14(12-19)18-11-15(20)13-7-5-4-6-8-13/h4-8,14-15,18,20H,9-12H2,1-3H3. The summed E-state index contributed by atoms with van der Waals surface area (Å²) in [5, 5.41) is 13.5. The highest BCUT2D eigenvalue weighted by molar-refractivity contribution is 5.68. The van der Waals surface area contributed by atoms with Crippen LogP contribution in [-0.4, -0.2) is 47.4 Å². The zero-order valence-corrected chi connectivity index (χ0v) is 13.6. The summed E-state index contributed by atoms with van der Waals surface area (Å²) in [4.78, 5) is 13.7. The number of likely N-dealkylation sites (tertiary alicyclic amines) is 1. The van der Waals surface area contributed by atoms with Gasteiger partial charge in [0.2, 0.25) is 0 Å². The van der Waals surface area contributed by atoms with E-state index < -0.39 is 11.7 Å². The molecule has 1 aliphatic heterocycles. The molecule has 0 aromatic heterocycles. The van der Waals surface area contributed by atoms with Crippen LogP contribution in [0.15, 0.2) is 30.3 Å². The summed E-state index contributed by atoms with van der Waals surface area (Å²) in [6.07, 6.45) is 0.0815. The third kappa shape index (κ3) is 5.00. The number of rotatable bonds is 4. The second kappa shape index (κ2) is 7.11. The van der Waals surface area contributed by atoms with Crippen molar-refractivity contribution < 1.29 is 14.6 Å². The second-order valence-electron chi connectivity index (χ2n) is 6.75. The molecule has 1 aromatic rings. The Morgan fingerprint density at radius 3 is 2.73 bits per heavy atom. The molecular weight excluding hydrogens is 280 g/mol. The first-order valence-electron chi connectivity index (χ1n) is 7.79. The number of aliphatic hydroxyl groups excluding tert-OH is 1. The number of nitrogens with zero attached hydrogens (tertiary/aromatic N) is 1. The molecule has 2 unspecified atom stereocenters. The lowest BCUT2D eigenvalue weighted by Crippen LogP contribution is -2.39. The van der Waals surface area contributed by atoms with Crippen molar-refractivity contribution in [3.63, 3.8) is 0 Å². The third-order valence-corrected chi connectivity index (χ3v) is 3.62. The highest BCUT2D eigenvalue weighted by atomic mass is 16.6. The molecule has 2 N–H and O–H groups in total. The van der Waals surface area contributed by atoms with Gasteiger partial charge in [-0.1, -0.05) is 30.3 Å². The quantitative estimate of drug-likeness (QED) is 0.896. The van der Waals surface area contributed by atoms with Crippen molar-refractivity contribution in [2.45, 2.75) is 44.9 Å². The van der Waals surface area contributed by atoms with E-state index >= 15 is 0 Å². The van der Waals surface area contributed by atoms with Crippen LogP contribution in [0.3, 0.4) is 0 Å². The number of ether oxygens (including phenoxy) is 1. The Bertz CT molecular complexity index is 484. The minimum atomic E-state index is -0.531. The summed E-state index contributed by atoms with van der Waals surface area (Å²) < 4.78 is 5.37. The number of carbonyl (C=O) groups excluding carboxylic acids is 1. The summed E-state index contributed by atoms with van der Waals surface area (Å²) in [6, 6.07) is 9.78. The molecule has 22 heavy (non-hydrogen) atoms. The Balaban J connectivity index is 1.76. The van der Waals surface area contributed by atoms with Crippen LogP contribution in [0.25, 0.3) is 0 Å². The molecule has 5 nitrogen and oxygen atoms in total. The molecule has 1 aliphatic rings. The molecular formula is C17H26N2O3. The molecule has 1 amide bonds. The van der Waals surface area contributed by atoms with Gasteiger partial charge in [0.25, 0.3) is 0 Å². The smallest absolute Gasteiger partial charge is 0.410 e. The van der Waals surface area contributed by atoms with Gasteiger partial charge in [0.15, 0.2) is 0 Å². The minimum Gasteiger partial charge on any atom is -0.444 e. The van der Waals surface area contributed by atoms with Crippen LogP contribution in [0.2, 0.25) is 0 Å². The summed E-state index contributed by atoms with van der Waals surface area (Å²) in [6.45, 7) is 7.40. The number of nitrogens with one attached hydrogen (secondary N) is 1. The van der Waals surface area contributed by atoms with E-state index in [1.165, 1.54) is 0 Å². The summed E-state index contributed by atoms with van der Waals surface area (Å²) in [5.74, 6) is 0. The molecule has 0 saturated carbocycles. The highest BCUT2D eigenvalue weighted by Crippen LogP contribution is 2.16. The Kier molecular flexibility index (Phi) is 5.42. The normalized spacial score (nSPS) is 20.0. The van der Waals surface area contributed by atoms with Crippen molar-refractivity contribution in [2.75, 3.05) is 19.6 Å². The SMILES string of the molecule is CC(C)(C)OC(=O)N1CCC(NCC(O)c2ccccc2)C1. The number of hydrogen-bond donors (Lipinski definition) is 2. The van der Waals surface area contributed by atoms with Gasteiger partial charge < -0.3 is 20.1 Å². The van der Waals surface area contributed by atoms with E-state index in [0.717, 1.165) is 12.0 Å². The third-order valence-electron chi connectivity index (χ3n) is 3.62. The Morgan fingerprint density at radius 1 is 1.41 bits per heavy atom. The van der Waals surface area contributed by atoms with Crippen LogP contribution in [-0.2, 0) is 4.74 Å². The molecule has 5 heteroatoms. The van der Waals surface area contributed by atoms with Crippen LogP contribution in [0.5, 0.6) is 0 Å². The number of carbonyl (C=O) groups is 1. The fourth-order valence-corrected chi connectivity index (χ4v) is 2.49. The van der Waals surface area contributed by atoms with E-state index in [-0.39, 0.29) is 12.1 Å². The van der Waals surface area contributed by atoms with E-state index in [2.05, 4.69) is 5.32 Å². The zero-order valence-electron chi connectivity index (χ0n) is 13.6. The van der Waals surface area contributed by atoms with Crippen molar-refractivity contribution in [3.8, 4) is 0 Å². The second-order valence-corrected chi connectivity index (χ2v) is 6.75. The van der Waals surface area contributed by atoms with Gasteiger partial charge >= 0.3 is 6.09 Å². The minimum absolute atomic E-state index is 0.200. The van der Waals surface area contributed by atoms with Crippen LogP contribution >= 0.6 is 0 Å². The maximum Gasteiger partial charge on any atom is 0.410 e. The van der Waals surface area contributed by atoms with Crippen molar-refractivity contribution >= 4 is 6.09 Å². The van der Waals surface area contributed by atoms with Gasteiger partial charge in [-0.05, 0) is 32.8 Å². The van der Waals surface area contributed by atoms with Crippen molar-refractivity contribution in [3.05, 3.63) is 35.9 Å². The first-order chi connectivity index (χ1) is 10.3. The van der Waals surface area contributed by atoms with Crippen LogP contribution in [0, 0.1) is 0 Å². The van der Waals surface area contributed by atoms with E-state index in [4.69, 9.17) is 4.74 Å². The van der Waals surface area contributed by atoms with Crippen LogP contribution in [0.1, 0.15) is 38.9 Å². The molecule has 2 rings (SSSR count). The number of benzene rings is 1. The molecule has 1 aromatic carbocycles. The van der Waals surface area contributed by atoms with Gasteiger partial charge in [0.1, 0.15) is 5.60 Å². The Hall–Kier alpha value is -1.59. The Labute approximate surface area is 132 Å². The van der Waals surface area contributed by atoms with Gasteiger partial charge in [-0.25, -0.2) is 4.79 Å². The molecule has 1 fully saturated rings. The van der Waals surface area contributed by atoms with Crippen molar-refractivity contribution in [1.29, 1.82) is 0 Å². The zero-order chi connectivity index (χ0) is 16.2. The number of hydrogen-bond acceptors (Lipinski definition) is 4. The molecule has 0 spiro atoms. The van der Waals surface area contributed by atoms with E-state index in [9.17, 15) is 9.90 Å². The number of aliphatic hydroxyl groups is 1. The first-order valence-corrected chi connectivity index (χ1v) is 7.79. The lowest BCUT2D eigenvalue weighted by molar-refractivity contribution is 0.0290. The van der Waals surface area contributed by atoms with E-state index in [1.807, 2.05) is 51.1 Å². The molecule has 2 atom stereocenters. The van der Waals surface area contributed by atoms with Gasteiger partial charge in [-0.2, -0.15) is 0 Å². The fourth-order valence-electron chi connectivity index (χ4n) is 2.49. The maximum absolute atomic E-state index is 12.0. The van der Waals surface area contributed by atoms with Crippen LogP contribution in [0.4, 0.5) is 4.79 Å². The maximum atomic E-state index is 12.0. The Morgan fingerprint density at radius 2 is 2.09 bits per heavy atom. The van der Waals surface area contributed by atoms with Gasteiger partial charge in [0.05, 0.1) is 6.10 Å². The van der Waals surface area contributed by atoms with Gasteiger partial charge in [-0.15, -0.1) is 0 Å². The summed E-state index contributed by atoms with van der Waals surface area (Å²) in [7, 11) is 0. The molecule has 122 valence electrons. The molecule has 1 saturated heterocycles. The summed E-state index contributed by atoms with van der Waals surface area (Å²) in [5.41, 5.74) is 0.434. The van der Waals surface area contributed by atoms with E-state index in [0.29, 0.717) is 19.6 Å². The average Bonchev–Trinajstić information content (AvgIpc) is 2.93. The topological polar surface area (TPSA) is 61.8 Å². The molecule has 0 aliphatic carbocycles. The largest absolute Gasteiger partial charge is 0.444 e. The predicted octanol–water partition coefficient (Wildman–Crippen LogP) is 2.32. The van der Waals surface area contributed by atoms with Crippen molar-refractivity contribution in [1.82, 2.24) is 10.2 Å².